The Bertz CT molecular complexity index is 306. The van der Waals surface area contributed by atoms with Crippen molar-refractivity contribution in [3.05, 3.63) is 0 Å². The van der Waals surface area contributed by atoms with Gasteiger partial charge in [0, 0.05) is 10.7 Å². The summed E-state index contributed by atoms with van der Waals surface area (Å²) in [5, 5.41) is 2.15. The van der Waals surface area contributed by atoms with Crippen LogP contribution >= 0.6 is 31.9 Å². The molecule has 0 amide bonds. The normalized spacial score (nSPS) is 10.7. The third kappa shape index (κ3) is 20.2. The second-order valence-corrected chi connectivity index (χ2v) is 8.15. The van der Waals surface area contributed by atoms with E-state index in [1.54, 1.807) is 0 Å². The van der Waals surface area contributed by atoms with Crippen molar-refractivity contribution in [2.45, 2.75) is 89.9 Å². The molecule has 4 nitrogen and oxygen atoms in total. The summed E-state index contributed by atoms with van der Waals surface area (Å²) in [7, 11) is 0. The van der Waals surface area contributed by atoms with E-state index in [9.17, 15) is 9.59 Å². The first kappa shape index (κ1) is 25.9. The fraction of sp³-hybridized carbons (Fsp3) is 0.900. The molecule has 6 heteroatoms. The molecule has 0 aliphatic rings. The van der Waals surface area contributed by atoms with Gasteiger partial charge in [0.1, 0.15) is 0 Å². The zero-order chi connectivity index (χ0) is 19.3. The highest BCUT2D eigenvalue weighted by Gasteiger charge is 2.09. The Balaban J connectivity index is 3.33. The van der Waals surface area contributed by atoms with Crippen LogP contribution < -0.4 is 0 Å². The monoisotopic (exact) mass is 498 g/mol. The summed E-state index contributed by atoms with van der Waals surface area (Å²) in [6.07, 6.45) is 14.0. The summed E-state index contributed by atoms with van der Waals surface area (Å²) in [5.41, 5.74) is 0. The van der Waals surface area contributed by atoms with Gasteiger partial charge in [0.05, 0.1) is 26.1 Å². The zero-order valence-corrected chi connectivity index (χ0v) is 19.3. The Morgan fingerprint density at radius 1 is 0.500 bits per heavy atom. The van der Waals surface area contributed by atoms with Crippen molar-refractivity contribution < 1.29 is 19.1 Å². The van der Waals surface area contributed by atoms with Crippen molar-refractivity contribution in [1.82, 2.24) is 0 Å². The van der Waals surface area contributed by atoms with E-state index in [1.807, 2.05) is 0 Å². The van der Waals surface area contributed by atoms with Gasteiger partial charge in [-0.15, -0.1) is 0 Å². The molecular weight excluding hydrogens is 464 g/mol. The Kier molecular flexibility index (Phi) is 21.1. The molecular formula is C20H36Br2O4. The number of hydrogen-bond acceptors (Lipinski definition) is 4. The molecule has 0 fully saturated rings. The number of alkyl halides is 2. The minimum atomic E-state index is -0.298. The van der Waals surface area contributed by atoms with Crippen molar-refractivity contribution in [2.24, 2.45) is 0 Å². The number of hydrogen-bond donors (Lipinski definition) is 0. The highest BCUT2D eigenvalue weighted by molar-refractivity contribution is 9.09. The summed E-state index contributed by atoms with van der Waals surface area (Å²) in [6, 6.07) is 0. The first-order chi connectivity index (χ1) is 12.7. The van der Waals surface area contributed by atoms with E-state index in [0.29, 0.717) is 13.2 Å². The van der Waals surface area contributed by atoms with Gasteiger partial charge in [0.15, 0.2) is 0 Å². The molecule has 0 aromatic rings. The molecule has 0 spiro atoms. The van der Waals surface area contributed by atoms with E-state index in [1.165, 1.54) is 51.4 Å². The Hall–Kier alpha value is -0.100. The molecule has 0 atom stereocenters. The van der Waals surface area contributed by atoms with Crippen molar-refractivity contribution >= 4 is 43.8 Å². The van der Waals surface area contributed by atoms with E-state index in [-0.39, 0.29) is 24.8 Å². The Morgan fingerprint density at radius 2 is 0.808 bits per heavy atom. The zero-order valence-electron chi connectivity index (χ0n) is 16.1. The second-order valence-electron chi connectivity index (χ2n) is 6.56. The topological polar surface area (TPSA) is 52.6 Å². The third-order valence-corrected chi connectivity index (χ3v) is 5.24. The van der Waals surface area contributed by atoms with Crippen LogP contribution in [0.4, 0.5) is 0 Å². The maximum absolute atomic E-state index is 11.6. The first-order valence-corrected chi connectivity index (χ1v) is 12.4. The van der Waals surface area contributed by atoms with Crippen molar-refractivity contribution in [1.29, 1.82) is 0 Å². The van der Waals surface area contributed by atoms with Crippen LogP contribution in [0.3, 0.4) is 0 Å². The molecule has 154 valence electrons. The highest BCUT2D eigenvalue weighted by Crippen LogP contribution is 2.08. The summed E-state index contributed by atoms with van der Waals surface area (Å²) in [4.78, 5) is 23.2. The van der Waals surface area contributed by atoms with Gasteiger partial charge in [0.25, 0.3) is 0 Å². The van der Waals surface area contributed by atoms with Crippen LogP contribution in [0, 0.1) is 0 Å². The smallest absolute Gasteiger partial charge is 0.306 e. The van der Waals surface area contributed by atoms with Gasteiger partial charge in [-0.25, -0.2) is 0 Å². The minimum Gasteiger partial charge on any atom is -0.466 e. The van der Waals surface area contributed by atoms with Crippen LogP contribution in [-0.2, 0) is 19.1 Å². The summed E-state index contributed by atoms with van der Waals surface area (Å²) in [6.45, 7) is 0.919. The second kappa shape index (κ2) is 21.2. The van der Waals surface area contributed by atoms with Crippen LogP contribution in [0.2, 0.25) is 0 Å². The first-order valence-electron chi connectivity index (χ1n) is 10.1. The van der Waals surface area contributed by atoms with Gasteiger partial charge in [-0.2, -0.15) is 0 Å². The fourth-order valence-electron chi connectivity index (χ4n) is 2.53. The number of halogens is 2. The number of rotatable bonds is 19. The Labute approximate surface area is 176 Å². The third-order valence-electron chi connectivity index (χ3n) is 4.12. The molecule has 0 bridgehead atoms. The van der Waals surface area contributed by atoms with Gasteiger partial charge in [-0.05, 0) is 25.7 Å². The van der Waals surface area contributed by atoms with E-state index in [0.717, 1.165) is 36.3 Å². The van der Waals surface area contributed by atoms with Crippen LogP contribution in [0.15, 0.2) is 0 Å². The molecule has 0 aromatic carbocycles. The molecule has 0 N–H and O–H groups in total. The van der Waals surface area contributed by atoms with Crippen molar-refractivity contribution in [2.75, 3.05) is 23.9 Å². The van der Waals surface area contributed by atoms with E-state index < -0.39 is 0 Å². The number of carbonyl (C=O) groups is 2. The lowest BCUT2D eigenvalue weighted by molar-refractivity contribution is -0.150. The van der Waals surface area contributed by atoms with Gasteiger partial charge in [0.2, 0.25) is 0 Å². The van der Waals surface area contributed by atoms with Gasteiger partial charge in [-0.1, -0.05) is 83.2 Å². The van der Waals surface area contributed by atoms with Crippen molar-refractivity contribution in [3.63, 3.8) is 0 Å². The Morgan fingerprint density at radius 3 is 1.15 bits per heavy atom. The molecule has 0 heterocycles. The minimum absolute atomic E-state index is 0.122. The summed E-state index contributed by atoms with van der Waals surface area (Å²) >= 11 is 6.85. The molecule has 0 aromatic heterocycles. The molecule has 0 aliphatic heterocycles. The van der Waals surface area contributed by atoms with Crippen LogP contribution in [0.25, 0.3) is 0 Å². The van der Waals surface area contributed by atoms with Crippen molar-refractivity contribution in [3.8, 4) is 0 Å². The predicted octanol–water partition coefficient (Wildman–Crippen LogP) is 6.32. The van der Waals surface area contributed by atoms with Gasteiger partial charge in [-0.3, -0.25) is 9.59 Å². The van der Waals surface area contributed by atoms with Crippen LogP contribution in [0.5, 0.6) is 0 Å². The SMILES string of the molecule is O=C(CCC(=O)OCCCCCCCCBr)OCCCCCCCCBr. The molecule has 0 radical (unpaired) electrons. The average molecular weight is 500 g/mol. The lowest BCUT2D eigenvalue weighted by Gasteiger charge is -2.06. The maximum Gasteiger partial charge on any atom is 0.306 e. The summed E-state index contributed by atoms with van der Waals surface area (Å²) in [5.74, 6) is -0.596. The molecule has 0 aliphatic carbocycles. The number of unbranched alkanes of at least 4 members (excludes halogenated alkanes) is 10. The highest BCUT2D eigenvalue weighted by atomic mass is 79.9. The number of esters is 2. The number of carbonyl (C=O) groups excluding carboxylic acids is 2. The maximum atomic E-state index is 11.6. The summed E-state index contributed by atoms with van der Waals surface area (Å²) < 4.78 is 10.3. The standard InChI is InChI=1S/C20H36Br2O4/c21-15-9-5-1-3-7-11-17-25-19(23)13-14-20(24)26-18-12-8-4-2-6-10-16-22/h1-18H2. The quantitative estimate of drug-likeness (QED) is 0.118. The molecule has 0 saturated carbocycles. The molecule has 0 rings (SSSR count). The van der Waals surface area contributed by atoms with Gasteiger partial charge < -0.3 is 9.47 Å². The lowest BCUT2D eigenvalue weighted by atomic mass is 10.1. The van der Waals surface area contributed by atoms with E-state index in [4.69, 9.17) is 9.47 Å². The molecule has 26 heavy (non-hydrogen) atoms. The van der Waals surface area contributed by atoms with Gasteiger partial charge >= 0.3 is 11.9 Å². The lowest BCUT2D eigenvalue weighted by Crippen LogP contribution is -2.11. The predicted molar refractivity (Wildman–Crippen MR) is 114 cm³/mol. The van der Waals surface area contributed by atoms with E-state index in [2.05, 4.69) is 31.9 Å². The van der Waals surface area contributed by atoms with Crippen LogP contribution in [0.1, 0.15) is 89.9 Å². The number of ether oxygens (including phenoxy) is 2. The largest absolute Gasteiger partial charge is 0.466 e. The fourth-order valence-corrected chi connectivity index (χ4v) is 3.32. The van der Waals surface area contributed by atoms with E-state index >= 15 is 0 Å². The van der Waals surface area contributed by atoms with Crippen LogP contribution in [-0.4, -0.2) is 35.8 Å². The average Bonchev–Trinajstić information content (AvgIpc) is 2.64. The molecule has 0 unspecified atom stereocenters. The molecule has 0 saturated heterocycles.